The number of nitrogens with two attached hydrogens (primary N) is 1. The minimum absolute atomic E-state index is 0.225. The number of nitrogen functional groups attached to an aromatic ring is 1. The van der Waals surface area contributed by atoms with Crippen LogP contribution in [0.25, 0.3) is 11.3 Å². The van der Waals surface area contributed by atoms with E-state index in [-0.39, 0.29) is 12.2 Å². The van der Waals surface area contributed by atoms with Gasteiger partial charge in [0.05, 0.1) is 5.69 Å². The van der Waals surface area contributed by atoms with Crippen LogP contribution in [0.3, 0.4) is 0 Å². The Morgan fingerprint density at radius 3 is 2.12 bits per heavy atom. The van der Waals surface area contributed by atoms with Gasteiger partial charge in [0.15, 0.2) is 0 Å². The van der Waals surface area contributed by atoms with E-state index in [2.05, 4.69) is 5.10 Å². The first kappa shape index (κ1) is 15.7. The molecule has 5 nitrogen and oxygen atoms in total. The zero-order chi connectivity index (χ0) is 17.3. The molecule has 0 saturated carbocycles. The van der Waals surface area contributed by atoms with E-state index < -0.39 is 17.3 Å². The monoisotopic (exact) mass is 328 g/mol. The summed E-state index contributed by atoms with van der Waals surface area (Å²) in [5.74, 6) is -1.21. The number of nitrogens with one attached hydrogen (secondary N) is 2. The molecule has 0 aliphatic rings. The van der Waals surface area contributed by atoms with Crippen LogP contribution in [0.5, 0.6) is 0 Å². The molecule has 0 unspecified atom stereocenters. The van der Waals surface area contributed by atoms with Gasteiger partial charge in [-0.15, -0.1) is 0 Å². The molecule has 0 radical (unpaired) electrons. The van der Waals surface area contributed by atoms with Crippen molar-refractivity contribution in [3.8, 4) is 11.3 Å². The molecule has 122 valence electrons. The van der Waals surface area contributed by atoms with Gasteiger partial charge < -0.3 is 5.73 Å². The van der Waals surface area contributed by atoms with Gasteiger partial charge in [-0.05, 0) is 42.0 Å². The second-order valence-electron chi connectivity index (χ2n) is 5.30. The smallest absolute Gasteiger partial charge is 0.277 e. The predicted octanol–water partition coefficient (Wildman–Crippen LogP) is 2.45. The highest BCUT2D eigenvalue weighted by molar-refractivity contribution is 5.78. The van der Waals surface area contributed by atoms with Crippen LogP contribution in [-0.2, 0) is 6.42 Å². The van der Waals surface area contributed by atoms with Crippen LogP contribution >= 0.6 is 0 Å². The third kappa shape index (κ3) is 2.96. The highest BCUT2D eigenvalue weighted by Gasteiger charge is 2.17. The van der Waals surface area contributed by atoms with Crippen molar-refractivity contribution >= 4 is 5.96 Å². The van der Waals surface area contributed by atoms with Crippen LogP contribution in [0.1, 0.15) is 11.1 Å². The van der Waals surface area contributed by atoms with Crippen molar-refractivity contribution in [1.29, 1.82) is 5.41 Å². The number of aromatic nitrogens is 2. The summed E-state index contributed by atoms with van der Waals surface area (Å²) in [6.07, 6.45) is 0.225. The molecular weight excluding hydrogens is 314 g/mol. The molecule has 7 heteroatoms. The largest absolute Gasteiger partial charge is 0.368 e. The quantitative estimate of drug-likeness (QED) is 0.509. The fourth-order valence-corrected chi connectivity index (χ4v) is 2.47. The number of aromatic amines is 1. The van der Waals surface area contributed by atoms with E-state index >= 15 is 0 Å². The van der Waals surface area contributed by atoms with Crippen LogP contribution < -0.4 is 11.3 Å². The minimum atomic E-state index is -0.467. The maximum atomic E-state index is 13.1. The van der Waals surface area contributed by atoms with E-state index in [1.807, 2.05) is 0 Å². The number of H-pyrrole nitrogens is 1. The Kier molecular flexibility index (Phi) is 3.99. The van der Waals surface area contributed by atoms with Crippen LogP contribution in [-0.4, -0.2) is 15.7 Å². The summed E-state index contributed by atoms with van der Waals surface area (Å²) in [6.45, 7) is 0. The zero-order valence-corrected chi connectivity index (χ0v) is 12.5. The minimum Gasteiger partial charge on any atom is -0.368 e. The Hall–Kier alpha value is -3.22. The summed E-state index contributed by atoms with van der Waals surface area (Å²) < 4.78 is 27.1. The van der Waals surface area contributed by atoms with Crippen LogP contribution in [0.15, 0.2) is 53.3 Å². The van der Waals surface area contributed by atoms with Crippen molar-refractivity contribution < 1.29 is 8.78 Å². The van der Waals surface area contributed by atoms with E-state index in [9.17, 15) is 13.6 Å². The van der Waals surface area contributed by atoms with Gasteiger partial charge in [0.25, 0.3) is 5.56 Å². The van der Waals surface area contributed by atoms with E-state index in [0.29, 0.717) is 16.8 Å². The lowest BCUT2D eigenvalue weighted by atomic mass is 10.0. The lowest BCUT2D eigenvalue weighted by Crippen LogP contribution is -2.31. The van der Waals surface area contributed by atoms with Gasteiger partial charge in [0.1, 0.15) is 11.6 Å². The van der Waals surface area contributed by atoms with Crippen LogP contribution in [0, 0.1) is 17.0 Å². The van der Waals surface area contributed by atoms with Gasteiger partial charge in [-0.3, -0.25) is 15.3 Å². The molecule has 1 heterocycles. The average molecular weight is 328 g/mol. The first-order valence-corrected chi connectivity index (χ1v) is 7.14. The topological polar surface area (TPSA) is 87.7 Å². The first-order valence-electron chi connectivity index (χ1n) is 7.14. The highest BCUT2D eigenvalue weighted by Crippen LogP contribution is 2.22. The predicted molar refractivity (Wildman–Crippen MR) is 87.0 cm³/mol. The van der Waals surface area contributed by atoms with Crippen molar-refractivity contribution in [2.45, 2.75) is 6.42 Å². The Balaban J connectivity index is 2.12. The maximum Gasteiger partial charge on any atom is 0.277 e. The molecule has 0 bridgehead atoms. The normalized spacial score (nSPS) is 10.8. The summed E-state index contributed by atoms with van der Waals surface area (Å²) in [7, 11) is 0. The van der Waals surface area contributed by atoms with Gasteiger partial charge in [0.2, 0.25) is 5.96 Å². The summed E-state index contributed by atoms with van der Waals surface area (Å²) in [5.41, 5.74) is 7.08. The van der Waals surface area contributed by atoms with E-state index in [4.69, 9.17) is 11.1 Å². The van der Waals surface area contributed by atoms with Crippen LogP contribution in [0.2, 0.25) is 0 Å². The lowest BCUT2D eigenvalue weighted by molar-refractivity contribution is 0.627. The maximum absolute atomic E-state index is 13.1. The molecule has 1 aromatic heterocycles. The molecule has 3 rings (SSSR count). The van der Waals surface area contributed by atoms with Gasteiger partial charge >= 0.3 is 0 Å². The molecule has 0 saturated heterocycles. The van der Waals surface area contributed by atoms with E-state index in [1.54, 1.807) is 12.1 Å². The number of halogens is 2. The summed E-state index contributed by atoms with van der Waals surface area (Å²) in [6, 6.07) is 11.4. The molecule has 0 aliphatic carbocycles. The number of nitrogens with zero attached hydrogens (tertiary/aromatic N) is 1. The van der Waals surface area contributed by atoms with E-state index in [0.717, 1.165) is 10.2 Å². The van der Waals surface area contributed by atoms with Crippen molar-refractivity contribution in [3.05, 3.63) is 81.6 Å². The van der Waals surface area contributed by atoms with E-state index in [1.165, 1.54) is 36.4 Å². The van der Waals surface area contributed by atoms with Crippen molar-refractivity contribution in [1.82, 2.24) is 9.78 Å². The third-order valence-electron chi connectivity index (χ3n) is 3.65. The number of hydrogen-bond acceptors (Lipinski definition) is 2. The SMILES string of the molecule is N=C(N)n1[nH]c(-c2ccc(F)cc2)c(Cc2ccc(F)cc2)c1=O. The summed E-state index contributed by atoms with van der Waals surface area (Å²) in [5, 5.41) is 10.3. The average Bonchev–Trinajstić information content (AvgIpc) is 2.88. The zero-order valence-electron chi connectivity index (χ0n) is 12.5. The Morgan fingerprint density at radius 1 is 1.04 bits per heavy atom. The van der Waals surface area contributed by atoms with Crippen molar-refractivity contribution in [2.24, 2.45) is 5.73 Å². The van der Waals surface area contributed by atoms with Gasteiger partial charge in [-0.25, -0.2) is 8.78 Å². The molecule has 3 aromatic rings. The fraction of sp³-hybridized carbons (Fsp3) is 0.0588. The Bertz CT molecular complexity index is 940. The third-order valence-corrected chi connectivity index (χ3v) is 3.65. The van der Waals surface area contributed by atoms with Gasteiger partial charge in [-0.2, -0.15) is 4.68 Å². The van der Waals surface area contributed by atoms with Crippen LogP contribution in [0.4, 0.5) is 8.78 Å². The second kappa shape index (κ2) is 6.11. The van der Waals surface area contributed by atoms with Gasteiger partial charge in [-0.1, -0.05) is 12.1 Å². The summed E-state index contributed by atoms with van der Waals surface area (Å²) >= 11 is 0. The number of rotatable bonds is 3. The molecule has 2 aromatic carbocycles. The molecular formula is C17H14F2N4O. The summed E-state index contributed by atoms with van der Waals surface area (Å²) in [4.78, 5) is 12.5. The Morgan fingerprint density at radius 2 is 1.58 bits per heavy atom. The molecule has 0 aliphatic heterocycles. The number of benzene rings is 2. The molecule has 0 spiro atoms. The van der Waals surface area contributed by atoms with Crippen molar-refractivity contribution in [2.75, 3.05) is 0 Å². The lowest BCUT2D eigenvalue weighted by Gasteiger charge is -2.03. The second-order valence-corrected chi connectivity index (χ2v) is 5.30. The Labute approximate surface area is 135 Å². The van der Waals surface area contributed by atoms with Crippen molar-refractivity contribution in [3.63, 3.8) is 0 Å². The molecule has 24 heavy (non-hydrogen) atoms. The molecule has 4 N–H and O–H groups in total. The number of hydrogen-bond donors (Lipinski definition) is 3. The standard InChI is InChI=1S/C17H14F2N4O/c18-12-5-1-10(2-6-12)9-14-15(11-3-7-13(19)8-4-11)22-23(16(14)24)17(20)21/h1-8,22H,9H2,(H3,20,21). The molecule has 0 atom stereocenters. The molecule has 0 amide bonds. The fourth-order valence-electron chi connectivity index (χ4n) is 2.47. The van der Waals surface area contributed by atoms with Gasteiger partial charge in [0, 0.05) is 17.5 Å². The molecule has 0 fully saturated rings. The first-order chi connectivity index (χ1) is 11.5. The highest BCUT2D eigenvalue weighted by atomic mass is 19.1.